The Hall–Kier alpha value is -1.98. The maximum absolute atomic E-state index is 12.7. The average molecular weight is 239 g/mol. The van der Waals surface area contributed by atoms with Crippen LogP contribution in [-0.4, -0.2) is 41.8 Å². The van der Waals surface area contributed by atoms with Crippen LogP contribution in [0.4, 0.5) is 4.39 Å². The highest BCUT2D eigenvalue weighted by molar-refractivity contribution is 5.96. The van der Waals surface area contributed by atoms with Crippen molar-refractivity contribution in [1.29, 1.82) is 0 Å². The zero-order valence-corrected chi connectivity index (χ0v) is 9.74. The number of nitrogens with one attached hydrogen (secondary N) is 1. The van der Waals surface area contributed by atoms with Crippen molar-refractivity contribution in [2.24, 2.45) is 0 Å². The van der Waals surface area contributed by atoms with Crippen LogP contribution in [0.25, 0.3) is 0 Å². The Morgan fingerprint density at radius 2 is 2.24 bits per heavy atom. The molecule has 0 aromatic carbocycles. The molecule has 0 fully saturated rings. The number of hydrogen-bond acceptors (Lipinski definition) is 3. The quantitative estimate of drug-likeness (QED) is 0.775. The number of carbonyl (C=O) groups is 2. The van der Waals surface area contributed by atoms with Crippen LogP contribution >= 0.6 is 0 Å². The molecule has 0 spiro atoms. The van der Waals surface area contributed by atoms with Gasteiger partial charge in [0.2, 0.25) is 11.9 Å². The van der Waals surface area contributed by atoms with Crippen molar-refractivity contribution < 1.29 is 14.0 Å². The minimum Gasteiger partial charge on any atom is -0.345 e. The monoisotopic (exact) mass is 239 g/mol. The first kappa shape index (κ1) is 13.1. The SMILES string of the molecule is CCN(C)C(=O)CNC(=O)c1ccnc(F)c1. The molecule has 2 amide bonds. The molecule has 0 aliphatic heterocycles. The molecule has 17 heavy (non-hydrogen) atoms. The van der Waals surface area contributed by atoms with Gasteiger partial charge in [-0.3, -0.25) is 9.59 Å². The molecule has 92 valence electrons. The van der Waals surface area contributed by atoms with Gasteiger partial charge in [0.15, 0.2) is 0 Å². The lowest BCUT2D eigenvalue weighted by molar-refractivity contribution is -0.128. The Morgan fingerprint density at radius 1 is 1.53 bits per heavy atom. The van der Waals surface area contributed by atoms with Crippen LogP contribution < -0.4 is 5.32 Å². The second-order valence-corrected chi connectivity index (χ2v) is 3.46. The van der Waals surface area contributed by atoms with Crippen LogP contribution in [0.15, 0.2) is 18.3 Å². The maximum atomic E-state index is 12.7. The molecule has 0 aliphatic rings. The molecule has 1 heterocycles. The van der Waals surface area contributed by atoms with Gasteiger partial charge in [-0.25, -0.2) is 4.98 Å². The van der Waals surface area contributed by atoms with Crippen LogP contribution in [-0.2, 0) is 4.79 Å². The van der Waals surface area contributed by atoms with E-state index in [2.05, 4.69) is 10.3 Å². The Kier molecular flexibility index (Phi) is 4.56. The number of amides is 2. The van der Waals surface area contributed by atoms with E-state index in [9.17, 15) is 14.0 Å². The molecule has 0 unspecified atom stereocenters. The number of pyridine rings is 1. The predicted molar refractivity (Wildman–Crippen MR) is 59.8 cm³/mol. The van der Waals surface area contributed by atoms with Gasteiger partial charge in [0.25, 0.3) is 5.91 Å². The molecule has 0 saturated carbocycles. The minimum atomic E-state index is -0.727. The highest BCUT2D eigenvalue weighted by Gasteiger charge is 2.10. The second-order valence-electron chi connectivity index (χ2n) is 3.46. The van der Waals surface area contributed by atoms with Crippen LogP contribution in [0.3, 0.4) is 0 Å². The molecule has 1 rings (SSSR count). The van der Waals surface area contributed by atoms with Crippen LogP contribution in [0.5, 0.6) is 0 Å². The number of hydrogen-bond donors (Lipinski definition) is 1. The zero-order valence-electron chi connectivity index (χ0n) is 9.74. The predicted octanol–water partition coefficient (Wildman–Crippen LogP) is 0.429. The maximum Gasteiger partial charge on any atom is 0.251 e. The summed E-state index contributed by atoms with van der Waals surface area (Å²) in [7, 11) is 1.64. The van der Waals surface area contributed by atoms with E-state index in [0.29, 0.717) is 6.54 Å². The molecule has 1 aromatic heterocycles. The number of rotatable bonds is 4. The van der Waals surface area contributed by atoms with Crippen molar-refractivity contribution in [2.45, 2.75) is 6.92 Å². The Morgan fingerprint density at radius 3 is 2.82 bits per heavy atom. The van der Waals surface area contributed by atoms with Crippen LogP contribution in [0.1, 0.15) is 17.3 Å². The summed E-state index contributed by atoms with van der Waals surface area (Å²) in [4.78, 5) is 27.8. The Balaban J connectivity index is 2.53. The molecule has 0 atom stereocenters. The van der Waals surface area contributed by atoms with E-state index >= 15 is 0 Å². The summed E-state index contributed by atoms with van der Waals surface area (Å²) in [6, 6.07) is 2.40. The number of nitrogens with zero attached hydrogens (tertiary/aromatic N) is 2. The summed E-state index contributed by atoms with van der Waals surface area (Å²) in [6.07, 6.45) is 1.20. The van der Waals surface area contributed by atoms with Gasteiger partial charge in [-0.1, -0.05) is 0 Å². The van der Waals surface area contributed by atoms with Crippen molar-refractivity contribution in [1.82, 2.24) is 15.2 Å². The number of halogens is 1. The first-order valence-electron chi connectivity index (χ1n) is 5.18. The van der Waals surface area contributed by atoms with E-state index < -0.39 is 11.9 Å². The third kappa shape index (κ3) is 3.82. The van der Waals surface area contributed by atoms with Crippen molar-refractivity contribution in [3.63, 3.8) is 0 Å². The van der Waals surface area contributed by atoms with Gasteiger partial charge in [0, 0.05) is 31.4 Å². The summed E-state index contributed by atoms with van der Waals surface area (Å²) < 4.78 is 12.7. The van der Waals surface area contributed by atoms with E-state index in [1.165, 1.54) is 17.2 Å². The summed E-state index contributed by atoms with van der Waals surface area (Å²) >= 11 is 0. The molecule has 1 N–H and O–H groups in total. The normalized spacial score (nSPS) is 9.82. The third-order valence-corrected chi connectivity index (χ3v) is 2.29. The molecule has 5 nitrogen and oxygen atoms in total. The average Bonchev–Trinajstić information content (AvgIpc) is 2.34. The number of likely N-dealkylation sites (N-methyl/N-ethyl adjacent to an activating group) is 1. The largest absolute Gasteiger partial charge is 0.345 e. The number of aromatic nitrogens is 1. The third-order valence-electron chi connectivity index (χ3n) is 2.29. The first-order valence-corrected chi connectivity index (χ1v) is 5.18. The fourth-order valence-electron chi connectivity index (χ4n) is 1.11. The molecule has 0 aliphatic carbocycles. The zero-order chi connectivity index (χ0) is 12.8. The van der Waals surface area contributed by atoms with E-state index in [1.807, 2.05) is 6.92 Å². The molecular formula is C11H14FN3O2. The van der Waals surface area contributed by atoms with E-state index in [0.717, 1.165) is 6.07 Å². The fraction of sp³-hybridized carbons (Fsp3) is 0.364. The lowest BCUT2D eigenvalue weighted by Gasteiger charge is -2.14. The highest BCUT2D eigenvalue weighted by atomic mass is 19.1. The lowest BCUT2D eigenvalue weighted by Crippen LogP contribution is -2.38. The van der Waals surface area contributed by atoms with Crippen LogP contribution in [0, 0.1) is 5.95 Å². The summed E-state index contributed by atoms with van der Waals surface area (Å²) in [5.41, 5.74) is 0.143. The van der Waals surface area contributed by atoms with Gasteiger partial charge in [0.1, 0.15) is 0 Å². The van der Waals surface area contributed by atoms with Crippen molar-refractivity contribution >= 4 is 11.8 Å². The molecule has 1 aromatic rings. The molecule has 0 bridgehead atoms. The minimum absolute atomic E-state index is 0.104. The van der Waals surface area contributed by atoms with Crippen LogP contribution in [0.2, 0.25) is 0 Å². The molecule has 6 heteroatoms. The first-order chi connectivity index (χ1) is 8.04. The smallest absolute Gasteiger partial charge is 0.251 e. The Labute approximate surface area is 98.6 Å². The lowest BCUT2D eigenvalue weighted by atomic mass is 10.2. The Bertz CT molecular complexity index is 423. The molecular weight excluding hydrogens is 225 g/mol. The topological polar surface area (TPSA) is 62.3 Å². The van der Waals surface area contributed by atoms with Gasteiger partial charge in [-0.05, 0) is 13.0 Å². The van der Waals surface area contributed by atoms with E-state index in [-0.39, 0.29) is 18.0 Å². The van der Waals surface area contributed by atoms with Gasteiger partial charge in [0.05, 0.1) is 6.54 Å². The second kappa shape index (κ2) is 5.93. The van der Waals surface area contributed by atoms with Gasteiger partial charge >= 0.3 is 0 Å². The summed E-state index contributed by atoms with van der Waals surface area (Å²) in [5.74, 6) is -1.42. The summed E-state index contributed by atoms with van der Waals surface area (Å²) in [6.45, 7) is 2.30. The number of carbonyl (C=O) groups excluding carboxylic acids is 2. The van der Waals surface area contributed by atoms with Gasteiger partial charge < -0.3 is 10.2 Å². The van der Waals surface area contributed by atoms with Gasteiger partial charge in [-0.2, -0.15) is 4.39 Å². The summed E-state index contributed by atoms with van der Waals surface area (Å²) in [5, 5.41) is 2.42. The standard InChI is InChI=1S/C11H14FN3O2/c1-3-15(2)10(16)7-14-11(17)8-4-5-13-9(12)6-8/h4-6H,3,7H2,1-2H3,(H,14,17). The van der Waals surface area contributed by atoms with Crippen molar-refractivity contribution in [3.8, 4) is 0 Å². The molecule has 0 radical (unpaired) electrons. The van der Waals surface area contributed by atoms with Gasteiger partial charge in [-0.15, -0.1) is 0 Å². The fourth-order valence-corrected chi connectivity index (χ4v) is 1.11. The molecule has 0 saturated heterocycles. The van der Waals surface area contributed by atoms with Crippen molar-refractivity contribution in [3.05, 3.63) is 29.8 Å². The van der Waals surface area contributed by atoms with E-state index in [1.54, 1.807) is 7.05 Å². The highest BCUT2D eigenvalue weighted by Crippen LogP contribution is 1.99. The van der Waals surface area contributed by atoms with Crippen molar-refractivity contribution in [2.75, 3.05) is 20.1 Å². The van der Waals surface area contributed by atoms with E-state index in [4.69, 9.17) is 0 Å².